The van der Waals surface area contributed by atoms with Crippen molar-refractivity contribution in [2.24, 2.45) is 5.92 Å². The Bertz CT molecular complexity index is 778. The van der Waals surface area contributed by atoms with Crippen LogP contribution in [0.1, 0.15) is 41.0 Å². The SMILES string of the molecule is CC(C)C[C@H](C(=O)Oc1ccccc1)N1C(=O)c2ccccc2C1=O. The van der Waals surface area contributed by atoms with Crippen LogP contribution in [0.5, 0.6) is 5.75 Å². The van der Waals surface area contributed by atoms with Gasteiger partial charge in [-0.1, -0.05) is 44.2 Å². The number of rotatable bonds is 5. The fourth-order valence-corrected chi connectivity index (χ4v) is 2.92. The van der Waals surface area contributed by atoms with Gasteiger partial charge in [0.05, 0.1) is 11.1 Å². The lowest BCUT2D eigenvalue weighted by molar-refractivity contribution is -0.139. The molecule has 0 aromatic heterocycles. The second-order valence-electron chi connectivity index (χ2n) is 6.41. The summed E-state index contributed by atoms with van der Waals surface area (Å²) in [6.45, 7) is 3.86. The minimum atomic E-state index is -0.951. The number of benzene rings is 2. The molecule has 1 aliphatic rings. The molecule has 5 nitrogen and oxygen atoms in total. The normalized spacial score (nSPS) is 14.6. The van der Waals surface area contributed by atoms with E-state index in [1.54, 1.807) is 48.5 Å². The van der Waals surface area contributed by atoms with E-state index in [4.69, 9.17) is 4.74 Å². The highest BCUT2D eigenvalue weighted by Gasteiger charge is 2.43. The predicted molar refractivity (Wildman–Crippen MR) is 92.3 cm³/mol. The molecule has 1 aliphatic heterocycles. The van der Waals surface area contributed by atoms with E-state index in [2.05, 4.69) is 0 Å². The Balaban J connectivity index is 1.90. The molecule has 25 heavy (non-hydrogen) atoms. The lowest BCUT2D eigenvalue weighted by Gasteiger charge is -2.25. The third-order valence-corrected chi connectivity index (χ3v) is 4.07. The average molecular weight is 337 g/mol. The van der Waals surface area contributed by atoms with Crippen LogP contribution in [0, 0.1) is 5.92 Å². The van der Waals surface area contributed by atoms with Gasteiger partial charge in [0.2, 0.25) is 0 Å². The molecule has 0 fully saturated rings. The molecule has 0 bridgehead atoms. The molecule has 3 rings (SSSR count). The van der Waals surface area contributed by atoms with Gasteiger partial charge in [-0.05, 0) is 36.6 Å². The molecule has 128 valence electrons. The summed E-state index contributed by atoms with van der Waals surface area (Å²) in [5, 5.41) is 0. The van der Waals surface area contributed by atoms with Crippen LogP contribution in [-0.4, -0.2) is 28.7 Å². The number of imide groups is 1. The van der Waals surface area contributed by atoms with Crippen LogP contribution in [0.3, 0.4) is 0 Å². The first-order valence-corrected chi connectivity index (χ1v) is 8.22. The van der Waals surface area contributed by atoms with Gasteiger partial charge in [-0.15, -0.1) is 0 Å². The van der Waals surface area contributed by atoms with Crippen molar-refractivity contribution >= 4 is 17.8 Å². The molecule has 0 spiro atoms. The largest absolute Gasteiger partial charge is 0.425 e. The first kappa shape index (κ1) is 16.9. The van der Waals surface area contributed by atoms with Crippen molar-refractivity contribution in [1.82, 2.24) is 4.90 Å². The Morgan fingerprint density at radius 1 is 0.920 bits per heavy atom. The van der Waals surface area contributed by atoms with E-state index in [9.17, 15) is 14.4 Å². The lowest BCUT2D eigenvalue weighted by atomic mass is 10.0. The number of hydrogen-bond donors (Lipinski definition) is 0. The lowest BCUT2D eigenvalue weighted by Crippen LogP contribution is -2.47. The quantitative estimate of drug-likeness (QED) is 0.477. The molecule has 0 saturated carbocycles. The average Bonchev–Trinajstić information content (AvgIpc) is 2.85. The molecule has 0 N–H and O–H groups in total. The number of amides is 2. The summed E-state index contributed by atoms with van der Waals surface area (Å²) in [6.07, 6.45) is 0.344. The molecule has 0 unspecified atom stereocenters. The summed E-state index contributed by atoms with van der Waals surface area (Å²) in [4.78, 5) is 39.1. The van der Waals surface area contributed by atoms with Gasteiger partial charge in [0.1, 0.15) is 11.8 Å². The smallest absolute Gasteiger partial charge is 0.334 e. The third kappa shape index (κ3) is 3.31. The number of nitrogens with zero attached hydrogens (tertiary/aromatic N) is 1. The number of carbonyl (C=O) groups excluding carboxylic acids is 3. The Hall–Kier alpha value is -2.95. The molecule has 1 atom stereocenters. The molecule has 2 amide bonds. The van der Waals surface area contributed by atoms with Gasteiger partial charge < -0.3 is 4.74 Å². The minimum Gasteiger partial charge on any atom is -0.425 e. The van der Waals surface area contributed by atoms with Crippen molar-refractivity contribution in [3.05, 3.63) is 65.7 Å². The molecular weight excluding hydrogens is 318 g/mol. The van der Waals surface area contributed by atoms with E-state index in [1.807, 2.05) is 19.9 Å². The molecular formula is C20H19NO4. The zero-order valence-electron chi connectivity index (χ0n) is 14.1. The first-order chi connectivity index (χ1) is 12.0. The zero-order valence-corrected chi connectivity index (χ0v) is 14.1. The summed E-state index contributed by atoms with van der Waals surface area (Å²) in [7, 11) is 0. The monoisotopic (exact) mass is 337 g/mol. The van der Waals surface area contributed by atoms with Crippen LogP contribution in [0.15, 0.2) is 54.6 Å². The summed E-state index contributed by atoms with van der Waals surface area (Å²) >= 11 is 0. The topological polar surface area (TPSA) is 63.7 Å². The Morgan fingerprint density at radius 2 is 1.44 bits per heavy atom. The highest BCUT2D eigenvalue weighted by atomic mass is 16.5. The van der Waals surface area contributed by atoms with Gasteiger partial charge in [-0.2, -0.15) is 0 Å². The third-order valence-electron chi connectivity index (χ3n) is 4.07. The number of carbonyl (C=O) groups is 3. The molecule has 2 aromatic rings. The second kappa shape index (κ2) is 6.89. The summed E-state index contributed by atoms with van der Waals surface area (Å²) in [6, 6.07) is 14.3. The van der Waals surface area contributed by atoms with Crippen molar-refractivity contribution in [2.75, 3.05) is 0 Å². The zero-order chi connectivity index (χ0) is 18.0. The fraction of sp³-hybridized carbons (Fsp3) is 0.250. The predicted octanol–water partition coefficient (Wildman–Crippen LogP) is 3.30. The van der Waals surface area contributed by atoms with Crippen LogP contribution in [-0.2, 0) is 4.79 Å². The standard InChI is InChI=1S/C20H19NO4/c1-13(2)12-17(20(24)25-14-8-4-3-5-9-14)21-18(22)15-10-6-7-11-16(15)19(21)23/h3-11,13,17H,12H2,1-2H3/t17-/m1/s1. The Labute approximate surface area is 146 Å². The maximum Gasteiger partial charge on any atom is 0.334 e. The van der Waals surface area contributed by atoms with Crippen LogP contribution < -0.4 is 4.74 Å². The molecule has 2 aromatic carbocycles. The number of para-hydroxylation sites is 1. The maximum atomic E-state index is 12.7. The Kier molecular flexibility index (Phi) is 4.65. The molecule has 1 heterocycles. The van der Waals surface area contributed by atoms with Crippen LogP contribution in [0.2, 0.25) is 0 Å². The number of hydrogen-bond acceptors (Lipinski definition) is 4. The number of esters is 1. The van der Waals surface area contributed by atoms with Crippen molar-refractivity contribution in [3.63, 3.8) is 0 Å². The second-order valence-corrected chi connectivity index (χ2v) is 6.41. The minimum absolute atomic E-state index is 0.109. The van der Waals surface area contributed by atoms with Crippen molar-refractivity contribution in [1.29, 1.82) is 0 Å². The molecule has 5 heteroatoms. The van der Waals surface area contributed by atoms with Crippen molar-refractivity contribution in [2.45, 2.75) is 26.3 Å². The number of ether oxygens (including phenoxy) is 1. The first-order valence-electron chi connectivity index (χ1n) is 8.22. The summed E-state index contributed by atoms with van der Waals surface area (Å²) < 4.78 is 5.40. The van der Waals surface area contributed by atoms with E-state index < -0.39 is 23.8 Å². The summed E-state index contributed by atoms with van der Waals surface area (Å²) in [5.74, 6) is -1.00. The van der Waals surface area contributed by atoms with Crippen molar-refractivity contribution in [3.8, 4) is 5.75 Å². The van der Waals surface area contributed by atoms with E-state index in [-0.39, 0.29) is 5.92 Å². The number of fused-ring (bicyclic) bond motifs is 1. The van der Waals surface area contributed by atoms with Crippen LogP contribution in [0.4, 0.5) is 0 Å². The van der Waals surface area contributed by atoms with Gasteiger partial charge >= 0.3 is 5.97 Å². The van der Waals surface area contributed by atoms with Gasteiger partial charge in [0.25, 0.3) is 11.8 Å². The van der Waals surface area contributed by atoms with Gasteiger partial charge in [0, 0.05) is 0 Å². The van der Waals surface area contributed by atoms with Gasteiger partial charge in [-0.25, -0.2) is 4.79 Å². The molecule has 0 saturated heterocycles. The fourth-order valence-electron chi connectivity index (χ4n) is 2.92. The molecule has 0 aliphatic carbocycles. The van der Waals surface area contributed by atoms with Crippen LogP contribution in [0.25, 0.3) is 0 Å². The maximum absolute atomic E-state index is 12.7. The van der Waals surface area contributed by atoms with E-state index in [1.165, 1.54) is 0 Å². The Morgan fingerprint density at radius 3 is 1.96 bits per heavy atom. The summed E-state index contributed by atoms with van der Waals surface area (Å²) in [5.41, 5.74) is 0.655. The highest BCUT2D eigenvalue weighted by molar-refractivity contribution is 6.22. The van der Waals surface area contributed by atoms with E-state index in [0.29, 0.717) is 23.3 Å². The van der Waals surface area contributed by atoms with Crippen molar-refractivity contribution < 1.29 is 19.1 Å². The van der Waals surface area contributed by atoms with E-state index >= 15 is 0 Å². The van der Waals surface area contributed by atoms with Gasteiger partial charge in [-0.3, -0.25) is 14.5 Å². The molecule has 0 radical (unpaired) electrons. The highest BCUT2D eigenvalue weighted by Crippen LogP contribution is 2.27. The van der Waals surface area contributed by atoms with Crippen LogP contribution >= 0.6 is 0 Å². The van der Waals surface area contributed by atoms with Gasteiger partial charge in [0.15, 0.2) is 0 Å². The van der Waals surface area contributed by atoms with E-state index in [0.717, 1.165) is 4.90 Å².